The Labute approximate surface area is 575 Å². The van der Waals surface area contributed by atoms with Crippen molar-refractivity contribution in [2.45, 2.75) is 144 Å². The van der Waals surface area contributed by atoms with Gasteiger partial charge in [0.15, 0.2) is 0 Å². The van der Waals surface area contributed by atoms with E-state index in [9.17, 15) is 34.2 Å². The summed E-state index contributed by atoms with van der Waals surface area (Å²) in [5, 5.41) is 37.0. The number of anilines is 2. The highest BCUT2D eigenvalue weighted by molar-refractivity contribution is 7.13. The number of hydrogen-bond donors (Lipinski definition) is 8. The number of ether oxygens (including phenoxy) is 5. The molecule has 2 saturated heterocycles. The smallest absolute Gasteiger partial charge is 0.412 e. The second kappa shape index (κ2) is 34.8. The summed E-state index contributed by atoms with van der Waals surface area (Å²) in [6.07, 6.45) is -1.78. The molecule has 0 aliphatic carbocycles. The van der Waals surface area contributed by atoms with Gasteiger partial charge < -0.3 is 70.7 Å². The highest BCUT2D eigenvalue weighted by Crippen LogP contribution is 2.33. The van der Waals surface area contributed by atoms with Gasteiger partial charge in [-0.05, 0) is 92.0 Å². The van der Waals surface area contributed by atoms with E-state index < -0.39 is 58.9 Å². The van der Waals surface area contributed by atoms with Crippen LogP contribution in [0.3, 0.4) is 0 Å². The Morgan fingerprint density at radius 3 is 1.42 bits per heavy atom. The lowest BCUT2D eigenvalue weighted by molar-refractivity contribution is -0.142. The molecule has 4 aromatic carbocycles. The lowest BCUT2D eigenvalue weighted by Gasteiger charge is -2.35. The van der Waals surface area contributed by atoms with Crippen LogP contribution in [-0.4, -0.2) is 167 Å². The molecule has 6 atom stereocenters. The van der Waals surface area contributed by atoms with Crippen LogP contribution in [0.4, 0.5) is 16.2 Å². The molecule has 5 amide bonds. The second-order valence-electron chi connectivity index (χ2n) is 26.5. The number of amides is 5. The molecule has 2 aliphatic heterocycles. The summed E-state index contributed by atoms with van der Waals surface area (Å²) in [5.41, 5.74) is 14.9. The van der Waals surface area contributed by atoms with Gasteiger partial charge in [-0.1, -0.05) is 113 Å². The molecule has 0 spiro atoms. The molecule has 0 saturated carbocycles. The van der Waals surface area contributed by atoms with E-state index in [0.29, 0.717) is 85.5 Å². The van der Waals surface area contributed by atoms with Crippen LogP contribution >= 0.6 is 45.9 Å². The van der Waals surface area contributed by atoms with Gasteiger partial charge in [0.2, 0.25) is 23.6 Å². The Kier molecular flexibility index (Phi) is 27.6. The Morgan fingerprint density at radius 1 is 0.600 bits per heavy atom. The number of hydrogen-bond acceptors (Lipinski definition) is 19. The third-order valence-corrected chi connectivity index (χ3v) is 18.1. The quantitative estimate of drug-likeness (QED) is 0.0176. The SMILES string of the molecule is Cc1ncsc1-c1ccc(CNC(=O)[C@@H]2C[C@@H](O)CN2C(=O)[C@@H](NCCOCCOc2cc(N)ccc2Cl)C(C)(C)C)cc1.Cc1ncsc1-c1ccc(CNC(=O)[C@@H]2C[C@@H](O)CN2C(=O)[C@@H](NCCOCCOc2cc(NC(=O)OC(C)(C)C)ccc2Cl)C(C)(C)C)cc1. The predicted molar refractivity (Wildman–Crippen MR) is 373 cm³/mol. The molecular formula is C69H92Cl2N10O12S2. The van der Waals surface area contributed by atoms with Crippen molar-refractivity contribution in [2.24, 2.45) is 10.8 Å². The first kappa shape index (κ1) is 75.4. The fourth-order valence-electron chi connectivity index (χ4n) is 10.7. The fraction of sp³-hybridized carbons (Fsp3) is 0.493. The summed E-state index contributed by atoms with van der Waals surface area (Å²) in [5.74, 6) is -0.174. The summed E-state index contributed by atoms with van der Waals surface area (Å²) in [4.78, 5) is 80.2. The Bertz CT molecular complexity index is 3500. The minimum absolute atomic E-state index is 0.0823. The van der Waals surface area contributed by atoms with E-state index in [1.807, 2.05) is 115 Å². The molecule has 2 fully saturated rings. The molecule has 4 heterocycles. The topological polar surface area (TPSA) is 290 Å². The minimum atomic E-state index is -0.794. The van der Waals surface area contributed by atoms with Crippen LogP contribution in [0.2, 0.25) is 10.0 Å². The van der Waals surface area contributed by atoms with Crippen molar-refractivity contribution in [3.05, 3.63) is 129 Å². The molecule has 22 nitrogen and oxygen atoms in total. The first-order chi connectivity index (χ1) is 44.9. The minimum Gasteiger partial charge on any atom is -0.490 e. The van der Waals surface area contributed by atoms with Gasteiger partial charge in [-0.3, -0.25) is 24.5 Å². The van der Waals surface area contributed by atoms with Crippen LogP contribution in [0.15, 0.2) is 96.0 Å². The van der Waals surface area contributed by atoms with E-state index in [2.05, 4.69) is 36.6 Å². The van der Waals surface area contributed by atoms with Gasteiger partial charge >= 0.3 is 6.09 Å². The van der Waals surface area contributed by atoms with E-state index >= 15 is 0 Å². The van der Waals surface area contributed by atoms with E-state index in [4.69, 9.17) is 52.6 Å². The molecule has 0 unspecified atom stereocenters. The molecule has 6 aromatic rings. The number of nitrogens with zero attached hydrogens (tertiary/aromatic N) is 4. The summed E-state index contributed by atoms with van der Waals surface area (Å²) in [6, 6.07) is 23.1. The van der Waals surface area contributed by atoms with E-state index in [1.165, 1.54) is 9.80 Å². The lowest BCUT2D eigenvalue weighted by Crippen LogP contribution is -2.57. The number of nitrogens with two attached hydrogens (primary N) is 1. The molecule has 2 aromatic heterocycles. The molecule has 2 aliphatic rings. The maximum atomic E-state index is 13.9. The number of nitrogens with one attached hydrogen (secondary N) is 5. The van der Waals surface area contributed by atoms with Crippen molar-refractivity contribution in [2.75, 3.05) is 76.9 Å². The number of aliphatic hydroxyl groups excluding tert-OH is 2. The van der Waals surface area contributed by atoms with Crippen molar-refractivity contribution in [3.63, 3.8) is 0 Å². The van der Waals surface area contributed by atoms with Crippen LogP contribution in [0.1, 0.15) is 97.7 Å². The van der Waals surface area contributed by atoms with Gasteiger partial charge in [-0.2, -0.15) is 0 Å². The summed E-state index contributed by atoms with van der Waals surface area (Å²) >= 11 is 15.6. The number of benzene rings is 4. The average molecular weight is 1390 g/mol. The number of nitrogen functional groups attached to an aromatic ring is 1. The number of carbonyl (C=O) groups excluding carboxylic acids is 5. The monoisotopic (exact) mass is 1390 g/mol. The number of thiazole rings is 2. The molecule has 0 radical (unpaired) electrons. The van der Waals surface area contributed by atoms with Gasteiger partial charge in [0.25, 0.3) is 0 Å². The number of rotatable bonds is 27. The standard InChI is InChI=1S/C37H50ClN5O7S.C32H42ClN5O5S/c1-23-31(51-22-41-23)25-10-8-24(9-11-25)20-40-33(45)29-19-27(44)21-43(29)34(46)32(36(2,3)4)39-14-15-48-16-17-49-30-18-26(12-13-28(30)38)42-35(47)50-37(5,6)7;1-20-28(44-19-37-20)22-7-5-21(6-8-22)17-36-30(40)26-16-24(39)18-38(26)31(41)29(32(2,3)4)35-11-12-42-13-14-43-27-15-23(34)9-10-25(27)33/h8-13,18,22,27,29,32,39,44H,14-17,19-21H2,1-7H3,(H,40,45)(H,42,47);5-10,15,19,24,26,29,35,39H,11-14,16-18,34H2,1-4H3,(H,36,40)/t27-,29+,32-;24-,26+,29-/m11/s1. The van der Waals surface area contributed by atoms with Crippen molar-refractivity contribution in [1.82, 2.24) is 41.0 Å². The van der Waals surface area contributed by atoms with Gasteiger partial charge in [0, 0.05) is 75.6 Å². The highest BCUT2D eigenvalue weighted by Gasteiger charge is 2.45. The molecule has 9 N–H and O–H groups in total. The number of β-amino-alcohol motifs (C(OH)–C–C–N with tert-alkyl or cyclic N) is 2. The Hall–Kier alpha value is -6.97. The zero-order valence-electron chi connectivity index (χ0n) is 56.0. The zero-order valence-corrected chi connectivity index (χ0v) is 59.2. The zero-order chi connectivity index (χ0) is 69.2. The van der Waals surface area contributed by atoms with Crippen LogP contribution in [0.25, 0.3) is 20.9 Å². The number of aryl methyl sites for hydroxylation is 2. The Morgan fingerprint density at radius 2 is 1.02 bits per heavy atom. The lowest BCUT2D eigenvalue weighted by atomic mass is 9.85. The van der Waals surface area contributed by atoms with E-state index in [1.54, 1.807) is 79.8 Å². The first-order valence-corrected chi connectivity index (χ1v) is 34.2. The van der Waals surface area contributed by atoms with Gasteiger partial charge in [0.05, 0.1) is 92.9 Å². The van der Waals surface area contributed by atoms with Crippen molar-refractivity contribution in [1.29, 1.82) is 0 Å². The molecule has 0 bridgehead atoms. The van der Waals surface area contributed by atoms with Crippen molar-refractivity contribution < 1.29 is 57.9 Å². The Balaban J connectivity index is 0.000000271. The predicted octanol–water partition coefficient (Wildman–Crippen LogP) is 9.83. The molecule has 95 heavy (non-hydrogen) atoms. The second-order valence-corrected chi connectivity index (χ2v) is 29.1. The highest BCUT2D eigenvalue weighted by atomic mass is 35.5. The van der Waals surface area contributed by atoms with Crippen molar-refractivity contribution >= 4 is 87.0 Å². The first-order valence-electron chi connectivity index (χ1n) is 31.7. The maximum Gasteiger partial charge on any atom is 0.412 e. The normalized spacial score (nSPS) is 17.1. The van der Waals surface area contributed by atoms with Crippen LogP contribution in [-0.2, 0) is 46.5 Å². The maximum absolute atomic E-state index is 13.9. The summed E-state index contributed by atoms with van der Waals surface area (Å²) in [7, 11) is 0. The number of aliphatic hydroxyl groups is 2. The van der Waals surface area contributed by atoms with E-state index in [0.717, 1.165) is 43.4 Å². The summed E-state index contributed by atoms with van der Waals surface area (Å²) in [6.45, 7) is 24.4. The third kappa shape index (κ3) is 22.8. The van der Waals surface area contributed by atoms with E-state index in [-0.39, 0.29) is 62.8 Å². The molecule has 516 valence electrons. The van der Waals surface area contributed by atoms with Crippen LogP contribution < -0.4 is 41.8 Å². The van der Waals surface area contributed by atoms with Gasteiger partial charge in [-0.15, -0.1) is 22.7 Å². The number of aromatic nitrogens is 2. The van der Waals surface area contributed by atoms with Crippen LogP contribution in [0.5, 0.6) is 11.5 Å². The van der Waals surface area contributed by atoms with Gasteiger partial charge in [-0.25, -0.2) is 14.8 Å². The van der Waals surface area contributed by atoms with Gasteiger partial charge in [0.1, 0.15) is 42.4 Å². The molecular weight excluding hydrogens is 1300 g/mol. The summed E-state index contributed by atoms with van der Waals surface area (Å²) < 4.78 is 28.1. The fourth-order valence-corrected chi connectivity index (χ4v) is 12.7. The molecule has 8 rings (SSSR count). The number of halogens is 2. The number of likely N-dealkylation sites (tertiary alicyclic amines) is 2. The van der Waals surface area contributed by atoms with Crippen molar-refractivity contribution in [3.8, 4) is 32.4 Å². The third-order valence-electron chi connectivity index (χ3n) is 15.5. The average Bonchev–Trinajstić information content (AvgIpc) is 1.68. The number of carbonyl (C=O) groups is 5. The van der Waals surface area contributed by atoms with Crippen LogP contribution in [0, 0.1) is 24.7 Å². The molecule has 26 heteroatoms. The largest absolute Gasteiger partial charge is 0.490 e.